The summed E-state index contributed by atoms with van der Waals surface area (Å²) in [4.78, 5) is 4.26. The molecule has 4 N–H and O–H groups in total. The van der Waals surface area contributed by atoms with Crippen LogP contribution in [0.3, 0.4) is 0 Å². The van der Waals surface area contributed by atoms with E-state index in [1.165, 1.54) is 0 Å². The van der Waals surface area contributed by atoms with Crippen LogP contribution in [0.15, 0.2) is 16.8 Å². The normalized spacial score (nSPS) is 18.6. The van der Waals surface area contributed by atoms with Crippen molar-refractivity contribution in [3.63, 3.8) is 0 Å². The molecule has 0 aromatic carbocycles. The van der Waals surface area contributed by atoms with Crippen LogP contribution in [-0.4, -0.2) is 24.6 Å². The summed E-state index contributed by atoms with van der Waals surface area (Å²) in [5, 5.41) is 6.55. The summed E-state index contributed by atoms with van der Waals surface area (Å²) in [6, 6.07) is 0. The van der Waals surface area contributed by atoms with Gasteiger partial charge in [0.25, 0.3) is 0 Å². The molecule has 5 heteroatoms. The van der Waals surface area contributed by atoms with Crippen molar-refractivity contribution in [1.82, 2.24) is 10.6 Å². The second kappa shape index (κ2) is 8.13. The first-order valence-electron chi connectivity index (χ1n) is 5.90. The molecule has 1 rings (SSSR count). The number of hydrogen-bond acceptors (Lipinski definition) is 4. The van der Waals surface area contributed by atoms with Crippen LogP contribution in [0, 0.1) is 11.8 Å². The smallest absolute Gasteiger partial charge is 0.197 e. The Kier molecular flexibility index (Phi) is 6.71. The molecule has 94 valence electrons. The molecule has 17 heavy (non-hydrogen) atoms. The van der Waals surface area contributed by atoms with Crippen LogP contribution in [0.4, 0.5) is 0 Å². The van der Waals surface area contributed by atoms with Crippen molar-refractivity contribution in [2.75, 3.05) is 13.1 Å². The number of nitrogens with one attached hydrogen (secondary N) is 2. The summed E-state index contributed by atoms with van der Waals surface area (Å²) in [6.07, 6.45) is 4.45. The maximum Gasteiger partial charge on any atom is 0.197 e. The zero-order valence-electron chi connectivity index (χ0n) is 10.1. The van der Waals surface area contributed by atoms with Crippen LogP contribution in [0.25, 0.3) is 0 Å². The Bertz CT molecular complexity index is 351. The van der Waals surface area contributed by atoms with Gasteiger partial charge in [-0.25, -0.2) is 4.99 Å². The fourth-order valence-electron chi connectivity index (χ4n) is 1.33. The standard InChI is InChI=1S/C12H19ClN4/c1-2-8-15-11-10(6-4-3-5-7-14)9-16-12(13)17-11/h9,11,15H,2-3,5,7-8,14H2,1H3,(H,16,17). The van der Waals surface area contributed by atoms with Crippen LogP contribution in [-0.2, 0) is 0 Å². The highest BCUT2D eigenvalue weighted by atomic mass is 35.5. The number of nitrogens with zero attached hydrogens (tertiary/aromatic N) is 1. The molecule has 0 radical (unpaired) electrons. The topological polar surface area (TPSA) is 62.4 Å². The minimum atomic E-state index is -0.130. The fraction of sp³-hybridized carbons (Fsp3) is 0.583. The second-order valence-corrected chi connectivity index (χ2v) is 4.07. The van der Waals surface area contributed by atoms with Gasteiger partial charge < -0.3 is 11.1 Å². The average molecular weight is 255 g/mol. The second-order valence-electron chi connectivity index (χ2n) is 3.71. The van der Waals surface area contributed by atoms with Crippen LogP contribution in [0.5, 0.6) is 0 Å². The Balaban J connectivity index is 2.57. The van der Waals surface area contributed by atoms with E-state index in [9.17, 15) is 0 Å². The highest BCUT2D eigenvalue weighted by Gasteiger charge is 2.15. The molecule has 1 atom stereocenters. The van der Waals surface area contributed by atoms with Crippen molar-refractivity contribution in [2.45, 2.75) is 32.4 Å². The lowest BCUT2D eigenvalue weighted by atomic mass is 10.2. The molecule has 0 fully saturated rings. The van der Waals surface area contributed by atoms with E-state index in [0.29, 0.717) is 11.8 Å². The van der Waals surface area contributed by atoms with Crippen molar-refractivity contribution in [3.8, 4) is 11.8 Å². The Morgan fingerprint density at radius 2 is 2.47 bits per heavy atom. The first kappa shape index (κ1) is 14.0. The van der Waals surface area contributed by atoms with Gasteiger partial charge in [-0.3, -0.25) is 5.32 Å². The monoisotopic (exact) mass is 254 g/mol. The number of aliphatic imine (C=N–C) groups is 1. The average Bonchev–Trinajstić information content (AvgIpc) is 2.34. The Morgan fingerprint density at radius 1 is 1.65 bits per heavy atom. The third-order valence-electron chi connectivity index (χ3n) is 2.21. The molecule has 0 amide bonds. The van der Waals surface area contributed by atoms with Gasteiger partial charge in [-0.1, -0.05) is 18.8 Å². The van der Waals surface area contributed by atoms with E-state index in [0.717, 1.165) is 31.4 Å². The van der Waals surface area contributed by atoms with Gasteiger partial charge in [-0.05, 0) is 37.5 Å². The van der Waals surface area contributed by atoms with Gasteiger partial charge in [-0.2, -0.15) is 0 Å². The zero-order valence-corrected chi connectivity index (χ0v) is 10.8. The Labute approximate surface area is 108 Å². The third kappa shape index (κ3) is 5.22. The predicted molar refractivity (Wildman–Crippen MR) is 72.7 cm³/mol. The summed E-state index contributed by atoms with van der Waals surface area (Å²) in [6.45, 7) is 3.67. The molecular formula is C12H19ClN4. The molecule has 1 aliphatic rings. The van der Waals surface area contributed by atoms with Gasteiger partial charge in [0, 0.05) is 12.6 Å². The van der Waals surface area contributed by atoms with Gasteiger partial charge in [-0.15, -0.1) is 0 Å². The van der Waals surface area contributed by atoms with E-state index >= 15 is 0 Å². The van der Waals surface area contributed by atoms with Gasteiger partial charge in [0.2, 0.25) is 0 Å². The number of halogens is 1. The summed E-state index contributed by atoms with van der Waals surface area (Å²) in [5.41, 5.74) is 6.33. The largest absolute Gasteiger partial charge is 0.336 e. The first-order valence-corrected chi connectivity index (χ1v) is 6.28. The molecule has 1 aliphatic heterocycles. The number of hydrogen-bond donors (Lipinski definition) is 3. The maximum atomic E-state index is 5.83. The Morgan fingerprint density at radius 3 is 3.18 bits per heavy atom. The highest BCUT2D eigenvalue weighted by Crippen LogP contribution is 2.08. The molecule has 0 aromatic heterocycles. The minimum absolute atomic E-state index is 0.130. The summed E-state index contributed by atoms with van der Waals surface area (Å²) in [7, 11) is 0. The van der Waals surface area contributed by atoms with E-state index in [4.69, 9.17) is 17.3 Å². The quantitative estimate of drug-likeness (QED) is 0.392. The molecule has 0 bridgehead atoms. The van der Waals surface area contributed by atoms with Crippen molar-refractivity contribution < 1.29 is 0 Å². The molecule has 0 spiro atoms. The van der Waals surface area contributed by atoms with Crippen molar-refractivity contribution in [2.24, 2.45) is 10.7 Å². The number of unbranched alkanes of at least 4 members (excludes halogenated alkanes) is 1. The number of amidine groups is 1. The van der Waals surface area contributed by atoms with Gasteiger partial charge in [0.15, 0.2) is 5.29 Å². The molecule has 0 saturated carbocycles. The zero-order chi connectivity index (χ0) is 12.5. The van der Waals surface area contributed by atoms with Crippen molar-refractivity contribution in [1.29, 1.82) is 0 Å². The third-order valence-corrected chi connectivity index (χ3v) is 2.42. The van der Waals surface area contributed by atoms with Gasteiger partial charge >= 0.3 is 0 Å². The lowest BCUT2D eigenvalue weighted by Crippen LogP contribution is -2.35. The van der Waals surface area contributed by atoms with E-state index in [-0.39, 0.29) is 6.17 Å². The SMILES string of the molecule is CCCNC1N=C(Cl)NC=C1C#CCCCN. The summed E-state index contributed by atoms with van der Waals surface area (Å²) in [5.74, 6) is 6.19. The van der Waals surface area contributed by atoms with Crippen LogP contribution in [0.2, 0.25) is 0 Å². The lowest BCUT2D eigenvalue weighted by Gasteiger charge is -2.18. The first-order chi connectivity index (χ1) is 8.27. The van der Waals surface area contributed by atoms with Crippen molar-refractivity contribution >= 4 is 16.9 Å². The maximum absolute atomic E-state index is 5.83. The van der Waals surface area contributed by atoms with Gasteiger partial charge in [0.1, 0.15) is 6.17 Å². The predicted octanol–water partition coefficient (Wildman–Crippen LogP) is 1.14. The van der Waals surface area contributed by atoms with Crippen molar-refractivity contribution in [3.05, 3.63) is 11.8 Å². The Hall–Kier alpha value is -1.02. The van der Waals surface area contributed by atoms with Gasteiger partial charge in [0.05, 0.1) is 5.57 Å². The molecule has 0 saturated heterocycles. The summed E-state index contributed by atoms with van der Waals surface area (Å²) < 4.78 is 0. The molecule has 1 heterocycles. The van der Waals surface area contributed by atoms with E-state index in [1.807, 2.05) is 0 Å². The van der Waals surface area contributed by atoms with Crippen LogP contribution in [0.1, 0.15) is 26.2 Å². The molecule has 1 unspecified atom stereocenters. The fourth-order valence-corrected chi connectivity index (χ4v) is 1.48. The van der Waals surface area contributed by atoms with Crippen LogP contribution < -0.4 is 16.4 Å². The molecule has 0 aliphatic carbocycles. The molecule has 4 nitrogen and oxygen atoms in total. The molecular weight excluding hydrogens is 236 g/mol. The van der Waals surface area contributed by atoms with E-state index in [1.54, 1.807) is 6.20 Å². The summed E-state index contributed by atoms with van der Waals surface area (Å²) >= 11 is 5.83. The van der Waals surface area contributed by atoms with Crippen LogP contribution >= 0.6 is 11.6 Å². The van der Waals surface area contributed by atoms with E-state index in [2.05, 4.69) is 34.4 Å². The lowest BCUT2D eigenvalue weighted by molar-refractivity contribution is 0.587. The number of rotatable bonds is 5. The minimum Gasteiger partial charge on any atom is -0.336 e. The molecule has 0 aromatic rings. The number of nitrogens with two attached hydrogens (primary N) is 1. The van der Waals surface area contributed by atoms with E-state index < -0.39 is 0 Å². The highest BCUT2D eigenvalue weighted by molar-refractivity contribution is 6.64.